The first-order valence-electron chi connectivity index (χ1n) is 11.6. The Balaban J connectivity index is 1.88. The highest BCUT2D eigenvalue weighted by atomic mass is 16.5. The van der Waals surface area contributed by atoms with Crippen LogP contribution in [0.15, 0.2) is 24.3 Å². The first-order chi connectivity index (χ1) is 14.5. The average Bonchev–Trinajstić information content (AvgIpc) is 3.01. The number of hydrogen-bond acceptors (Lipinski definition) is 5. The van der Waals surface area contributed by atoms with Crippen LogP contribution in [-0.4, -0.2) is 43.3 Å². The lowest BCUT2D eigenvalue weighted by atomic mass is 9.62. The Morgan fingerprint density at radius 1 is 1.27 bits per heavy atom. The van der Waals surface area contributed by atoms with Crippen LogP contribution < -0.4 is 0 Å². The van der Waals surface area contributed by atoms with Crippen molar-refractivity contribution < 1.29 is 24.2 Å². The van der Waals surface area contributed by atoms with E-state index in [1.807, 2.05) is 6.08 Å². The van der Waals surface area contributed by atoms with Gasteiger partial charge in [0.25, 0.3) is 0 Å². The van der Waals surface area contributed by atoms with E-state index >= 15 is 0 Å². The van der Waals surface area contributed by atoms with Crippen molar-refractivity contribution in [2.24, 2.45) is 17.3 Å². The molecule has 0 spiro atoms. The molecule has 2 aliphatic carbocycles. The molecule has 2 fully saturated rings. The topological polar surface area (TPSA) is 72.8 Å². The SMILES string of the molecule is CCCC1(C(O)CC=C[C@H]2[C@H](OC)CC(=O)[C@@H]2CC=CCCCC(=O)OC)CCC1. The molecule has 170 valence electrons. The molecule has 0 radical (unpaired) electrons. The average molecular weight is 421 g/mol. The van der Waals surface area contributed by atoms with E-state index in [-0.39, 0.29) is 41.2 Å². The Bertz CT molecular complexity index is 605. The van der Waals surface area contributed by atoms with Crippen molar-refractivity contribution in [2.45, 2.75) is 89.8 Å². The summed E-state index contributed by atoms with van der Waals surface area (Å²) in [5, 5.41) is 10.8. The van der Waals surface area contributed by atoms with Crippen LogP contribution in [0.3, 0.4) is 0 Å². The monoisotopic (exact) mass is 420 g/mol. The van der Waals surface area contributed by atoms with Crippen LogP contribution in [0.1, 0.15) is 77.6 Å². The van der Waals surface area contributed by atoms with Gasteiger partial charge in [0.05, 0.1) is 19.3 Å². The zero-order chi connectivity index (χ0) is 22.0. The molecule has 30 heavy (non-hydrogen) atoms. The van der Waals surface area contributed by atoms with Gasteiger partial charge in [-0.25, -0.2) is 0 Å². The lowest BCUT2D eigenvalue weighted by molar-refractivity contribution is -0.140. The Kier molecular flexibility index (Phi) is 10.3. The molecule has 2 rings (SSSR count). The van der Waals surface area contributed by atoms with Crippen molar-refractivity contribution in [2.75, 3.05) is 14.2 Å². The molecular formula is C25H40O5. The molecule has 0 amide bonds. The van der Waals surface area contributed by atoms with Crippen molar-refractivity contribution in [3.8, 4) is 0 Å². The van der Waals surface area contributed by atoms with Gasteiger partial charge in [-0.3, -0.25) is 9.59 Å². The zero-order valence-electron chi connectivity index (χ0n) is 19.0. The predicted molar refractivity (Wildman–Crippen MR) is 118 cm³/mol. The van der Waals surface area contributed by atoms with Crippen LogP contribution in [0.25, 0.3) is 0 Å². The van der Waals surface area contributed by atoms with E-state index in [0.29, 0.717) is 25.7 Å². The summed E-state index contributed by atoms with van der Waals surface area (Å²) in [5.41, 5.74) is 0.109. The van der Waals surface area contributed by atoms with E-state index in [1.54, 1.807) is 7.11 Å². The molecule has 0 saturated heterocycles. The molecule has 0 aromatic heterocycles. The van der Waals surface area contributed by atoms with Gasteiger partial charge in [-0.05, 0) is 50.4 Å². The molecule has 2 aliphatic rings. The molecule has 0 bridgehead atoms. The van der Waals surface area contributed by atoms with E-state index in [4.69, 9.17) is 4.74 Å². The van der Waals surface area contributed by atoms with E-state index in [1.165, 1.54) is 13.5 Å². The third kappa shape index (κ3) is 6.52. The van der Waals surface area contributed by atoms with Crippen molar-refractivity contribution in [3.63, 3.8) is 0 Å². The first kappa shape index (κ1) is 24.8. The molecule has 0 heterocycles. The number of aliphatic hydroxyl groups is 1. The van der Waals surface area contributed by atoms with Crippen molar-refractivity contribution >= 4 is 11.8 Å². The summed E-state index contributed by atoms with van der Waals surface area (Å²) >= 11 is 0. The number of unbranched alkanes of at least 4 members (excludes halogenated alkanes) is 1. The molecule has 1 N–H and O–H groups in total. The van der Waals surface area contributed by atoms with Gasteiger partial charge in [0.1, 0.15) is 5.78 Å². The number of methoxy groups -OCH3 is 2. The normalized spacial score (nSPS) is 26.9. The van der Waals surface area contributed by atoms with Gasteiger partial charge >= 0.3 is 5.97 Å². The molecule has 1 unspecified atom stereocenters. The van der Waals surface area contributed by atoms with Gasteiger partial charge in [0.15, 0.2) is 0 Å². The Morgan fingerprint density at radius 3 is 2.63 bits per heavy atom. The fourth-order valence-electron chi connectivity index (χ4n) is 5.07. The van der Waals surface area contributed by atoms with Crippen LogP contribution in [0.5, 0.6) is 0 Å². The molecule has 4 atom stereocenters. The summed E-state index contributed by atoms with van der Waals surface area (Å²) in [6, 6.07) is 0. The second-order valence-electron chi connectivity index (χ2n) is 8.95. The highest BCUT2D eigenvalue weighted by molar-refractivity contribution is 5.84. The number of hydrogen-bond donors (Lipinski definition) is 1. The van der Waals surface area contributed by atoms with E-state index in [9.17, 15) is 14.7 Å². The summed E-state index contributed by atoms with van der Waals surface area (Å²) in [6.07, 6.45) is 17.3. The molecule has 2 saturated carbocycles. The minimum absolute atomic E-state index is 0.0536. The maximum absolute atomic E-state index is 12.5. The second-order valence-corrected chi connectivity index (χ2v) is 8.95. The van der Waals surface area contributed by atoms with Crippen LogP contribution in [-0.2, 0) is 19.1 Å². The Labute approximate surface area is 181 Å². The molecule has 5 nitrogen and oxygen atoms in total. The first-order valence-corrected chi connectivity index (χ1v) is 11.6. The minimum atomic E-state index is -0.297. The zero-order valence-corrected chi connectivity index (χ0v) is 19.0. The van der Waals surface area contributed by atoms with E-state index in [0.717, 1.165) is 38.5 Å². The van der Waals surface area contributed by atoms with Crippen molar-refractivity contribution in [1.82, 2.24) is 0 Å². The summed E-state index contributed by atoms with van der Waals surface area (Å²) < 4.78 is 10.2. The van der Waals surface area contributed by atoms with Crippen LogP contribution >= 0.6 is 0 Å². The van der Waals surface area contributed by atoms with Crippen LogP contribution in [0.2, 0.25) is 0 Å². The highest BCUT2D eigenvalue weighted by Crippen LogP contribution is 2.48. The van der Waals surface area contributed by atoms with Crippen molar-refractivity contribution in [3.05, 3.63) is 24.3 Å². The number of rotatable bonds is 13. The van der Waals surface area contributed by atoms with E-state index in [2.05, 4.69) is 29.9 Å². The maximum Gasteiger partial charge on any atom is 0.305 e. The third-order valence-corrected chi connectivity index (χ3v) is 7.07. The van der Waals surface area contributed by atoms with Crippen LogP contribution in [0.4, 0.5) is 0 Å². The number of Topliss-reactive ketones (excluding diaryl/α,β-unsaturated/α-hetero) is 1. The highest BCUT2D eigenvalue weighted by Gasteiger charge is 2.42. The molecule has 0 aromatic carbocycles. The molecule has 5 heteroatoms. The van der Waals surface area contributed by atoms with Gasteiger partial charge in [-0.2, -0.15) is 0 Å². The third-order valence-electron chi connectivity index (χ3n) is 7.07. The molecule has 0 aliphatic heterocycles. The minimum Gasteiger partial charge on any atom is -0.469 e. The molecule has 0 aromatic rings. The largest absolute Gasteiger partial charge is 0.469 e. The molecular weight excluding hydrogens is 380 g/mol. The lowest BCUT2D eigenvalue weighted by Crippen LogP contribution is -2.41. The number of ketones is 1. The second kappa shape index (κ2) is 12.4. The standard InChI is InChI=1S/C25H40O5/c1-4-15-25(16-10-17-25)23(27)13-9-12-20-19(21(26)18-22(20)29-2)11-7-5-6-8-14-24(28)30-3/h5,7,9,12,19-20,22-23,27H,4,6,8,10-11,13-18H2,1-3H3/t19-,20-,22-,23?/m1/s1. The number of carbonyl (C=O) groups excluding carboxylic acids is 2. The Morgan fingerprint density at radius 2 is 2.03 bits per heavy atom. The number of aliphatic hydroxyl groups excluding tert-OH is 1. The van der Waals surface area contributed by atoms with Gasteiger partial charge in [-0.1, -0.05) is 44.1 Å². The summed E-state index contributed by atoms with van der Waals surface area (Å²) in [7, 11) is 3.07. The maximum atomic E-state index is 12.5. The number of ether oxygens (including phenoxy) is 2. The van der Waals surface area contributed by atoms with Gasteiger partial charge < -0.3 is 14.6 Å². The lowest BCUT2D eigenvalue weighted by Gasteiger charge is -2.45. The smallest absolute Gasteiger partial charge is 0.305 e. The predicted octanol–water partition coefficient (Wildman–Crippen LogP) is 4.77. The quantitative estimate of drug-likeness (QED) is 0.264. The fraction of sp³-hybridized carbons (Fsp3) is 0.760. The summed E-state index contributed by atoms with van der Waals surface area (Å²) in [5.74, 6) is 0.0384. The van der Waals surface area contributed by atoms with Gasteiger partial charge in [0.2, 0.25) is 0 Å². The number of carbonyl (C=O) groups is 2. The summed E-state index contributed by atoms with van der Waals surface area (Å²) in [6.45, 7) is 2.18. The number of esters is 1. The Hall–Kier alpha value is -1.46. The van der Waals surface area contributed by atoms with Crippen LogP contribution in [0, 0.1) is 17.3 Å². The van der Waals surface area contributed by atoms with E-state index < -0.39 is 0 Å². The van der Waals surface area contributed by atoms with Crippen molar-refractivity contribution in [1.29, 1.82) is 0 Å². The van der Waals surface area contributed by atoms with Gasteiger partial charge in [-0.15, -0.1) is 0 Å². The van der Waals surface area contributed by atoms with Gasteiger partial charge in [0, 0.05) is 31.8 Å². The summed E-state index contributed by atoms with van der Waals surface area (Å²) in [4.78, 5) is 23.7. The number of allylic oxidation sites excluding steroid dienone is 2. The fourth-order valence-corrected chi connectivity index (χ4v) is 5.07.